The van der Waals surface area contributed by atoms with Crippen molar-refractivity contribution in [2.45, 2.75) is 6.54 Å². The van der Waals surface area contributed by atoms with Crippen molar-refractivity contribution in [1.29, 1.82) is 0 Å². The molecule has 0 saturated heterocycles. The second-order valence-corrected chi connectivity index (χ2v) is 5.35. The quantitative estimate of drug-likeness (QED) is 0.777. The van der Waals surface area contributed by atoms with Crippen LogP contribution >= 0.6 is 0 Å². The summed E-state index contributed by atoms with van der Waals surface area (Å²) < 4.78 is 0. The van der Waals surface area contributed by atoms with Crippen LogP contribution in [0.25, 0.3) is 10.9 Å². The fourth-order valence-corrected chi connectivity index (χ4v) is 2.35. The fourth-order valence-electron chi connectivity index (χ4n) is 2.35. The summed E-state index contributed by atoms with van der Waals surface area (Å²) >= 11 is 0. The van der Waals surface area contributed by atoms with Gasteiger partial charge in [0.1, 0.15) is 0 Å². The number of H-pyrrole nitrogens is 1. The van der Waals surface area contributed by atoms with E-state index in [0.29, 0.717) is 12.1 Å². The average molecular weight is 294 g/mol. The number of para-hydroxylation sites is 1. The van der Waals surface area contributed by atoms with E-state index in [1.54, 1.807) is 0 Å². The highest BCUT2D eigenvalue weighted by Crippen LogP contribution is 2.16. The molecule has 112 valence electrons. The number of aromatic amines is 1. The molecule has 2 aromatic carbocycles. The van der Waals surface area contributed by atoms with Crippen LogP contribution in [-0.2, 0) is 6.54 Å². The summed E-state index contributed by atoms with van der Waals surface area (Å²) in [7, 11) is 3.90. The standard InChI is InChI=1S/C17H18N4O/c1-21(2)13-7-5-6-12(10-13)17(22)18-11-16-14-8-3-4-9-15(14)19-20-16/h3-10H,11H2,1-2H3,(H,18,22)(H,19,20). The van der Waals surface area contributed by atoms with Gasteiger partial charge < -0.3 is 10.2 Å². The van der Waals surface area contributed by atoms with Gasteiger partial charge in [-0.15, -0.1) is 0 Å². The number of nitrogens with one attached hydrogen (secondary N) is 2. The predicted molar refractivity (Wildman–Crippen MR) is 88.0 cm³/mol. The lowest BCUT2D eigenvalue weighted by molar-refractivity contribution is 0.0950. The van der Waals surface area contributed by atoms with Gasteiger partial charge in [0, 0.05) is 30.7 Å². The van der Waals surface area contributed by atoms with Gasteiger partial charge in [-0.05, 0) is 24.3 Å². The van der Waals surface area contributed by atoms with Gasteiger partial charge >= 0.3 is 0 Å². The summed E-state index contributed by atoms with van der Waals surface area (Å²) in [5.41, 5.74) is 3.46. The second-order valence-electron chi connectivity index (χ2n) is 5.35. The van der Waals surface area contributed by atoms with E-state index in [4.69, 9.17) is 0 Å². The zero-order valence-corrected chi connectivity index (χ0v) is 12.6. The number of aromatic nitrogens is 2. The van der Waals surface area contributed by atoms with E-state index in [1.165, 1.54) is 0 Å². The van der Waals surface area contributed by atoms with Crippen LogP contribution in [0.5, 0.6) is 0 Å². The van der Waals surface area contributed by atoms with Gasteiger partial charge in [0.15, 0.2) is 0 Å². The van der Waals surface area contributed by atoms with Crippen LogP contribution in [-0.4, -0.2) is 30.2 Å². The molecule has 0 aliphatic carbocycles. The van der Waals surface area contributed by atoms with Crippen LogP contribution < -0.4 is 10.2 Å². The van der Waals surface area contributed by atoms with Crippen molar-refractivity contribution in [2.24, 2.45) is 0 Å². The number of carbonyl (C=O) groups is 1. The molecular weight excluding hydrogens is 276 g/mol. The Balaban J connectivity index is 1.73. The average Bonchev–Trinajstić information content (AvgIpc) is 2.96. The number of anilines is 1. The van der Waals surface area contributed by atoms with Gasteiger partial charge in [-0.3, -0.25) is 9.89 Å². The summed E-state index contributed by atoms with van der Waals surface area (Å²) in [5.74, 6) is -0.0950. The van der Waals surface area contributed by atoms with E-state index in [9.17, 15) is 4.79 Å². The van der Waals surface area contributed by atoms with Crippen LogP contribution in [0.3, 0.4) is 0 Å². The molecule has 0 atom stereocenters. The fraction of sp³-hybridized carbons (Fsp3) is 0.176. The van der Waals surface area contributed by atoms with Crippen molar-refractivity contribution in [3.8, 4) is 0 Å². The molecule has 1 aromatic heterocycles. The number of rotatable bonds is 4. The maximum Gasteiger partial charge on any atom is 0.251 e. The first-order valence-electron chi connectivity index (χ1n) is 7.13. The summed E-state index contributed by atoms with van der Waals surface area (Å²) in [4.78, 5) is 14.3. The Labute approximate surface area is 128 Å². The van der Waals surface area contributed by atoms with Crippen LogP contribution in [0.4, 0.5) is 5.69 Å². The topological polar surface area (TPSA) is 61.0 Å². The Morgan fingerprint density at radius 1 is 1.18 bits per heavy atom. The number of hydrogen-bond acceptors (Lipinski definition) is 3. The molecular formula is C17H18N4O. The zero-order chi connectivity index (χ0) is 15.5. The van der Waals surface area contributed by atoms with Gasteiger partial charge in [0.2, 0.25) is 0 Å². The molecule has 0 aliphatic heterocycles. The van der Waals surface area contributed by atoms with Gasteiger partial charge in [0.25, 0.3) is 5.91 Å². The van der Waals surface area contributed by atoms with Gasteiger partial charge in [-0.25, -0.2) is 0 Å². The molecule has 0 aliphatic rings. The number of benzene rings is 2. The molecule has 5 nitrogen and oxygen atoms in total. The minimum Gasteiger partial charge on any atom is -0.378 e. The van der Waals surface area contributed by atoms with Gasteiger partial charge in [0.05, 0.1) is 17.8 Å². The number of carbonyl (C=O) groups excluding carboxylic acids is 1. The molecule has 0 spiro atoms. The van der Waals surface area contributed by atoms with Crippen LogP contribution in [0, 0.1) is 0 Å². The van der Waals surface area contributed by atoms with Crippen LogP contribution in [0.1, 0.15) is 16.1 Å². The van der Waals surface area contributed by atoms with E-state index < -0.39 is 0 Å². The van der Waals surface area contributed by atoms with E-state index in [-0.39, 0.29) is 5.91 Å². The first-order valence-corrected chi connectivity index (χ1v) is 7.13. The van der Waals surface area contributed by atoms with Gasteiger partial charge in [-0.2, -0.15) is 5.10 Å². The molecule has 0 saturated carbocycles. The lowest BCUT2D eigenvalue weighted by Gasteiger charge is -2.13. The van der Waals surface area contributed by atoms with E-state index >= 15 is 0 Å². The highest BCUT2D eigenvalue weighted by atomic mass is 16.1. The van der Waals surface area contributed by atoms with Crippen molar-refractivity contribution in [1.82, 2.24) is 15.5 Å². The first-order chi connectivity index (χ1) is 10.6. The lowest BCUT2D eigenvalue weighted by atomic mass is 10.1. The summed E-state index contributed by atoms with van der Waals surface area (Å²) in [6.07, 6.45) is 0. The Morgan fingerprint density at radius 3 is 2.82 bits per heavy atom. The second kappa shape index (κ2) is 5.89. The molecule has 1 amide bonds. The summed E-state index contributed by atoms with van der Waals surface area (Å²) in [6.45, 7) is 0.422. The highest BCUT2D eigenvalue weighted by molar-refractivity contribution is 5.95. The third-order valence-corrected chi connectivity index (χ3v) is 3.59. The predicted octanol–water partition coefficient (Wildman–Crippen LogP) is 2.56. The molecule has 0 bridgehead atoms. The van der Waals surface area contributed by atoms with E-state index in [1.807, 2.05) is 67.5 Å². The van der Waals surface area contributed by atoms with Gasteiger partial charge in [-0.1, -0.05) is 24.3 Å². The Morgan fingerprint density at radius 2 is 2.00 bits per heavy atom. The minimum absolute atomic E-state index is 0.0950. The highest BCUT2D eigenvalue weighted by Gasteiger charge is 2.09. The van der Waals surface area contributed by atoms with Crippen LogP contribution in [0.15, 0.2) is 48.5 Å². The zero-order valence-electron chi connectivity index (χ0n) is 12.6. The molecule has 0 radical (unpaired) electrons. The summed E-state index contributed by atoms with van der Waals surface area (Å²) in [6, 6.07) is 15.4. The third-order valence-electron chi connectivity index (χ3n) is 3.59. The number of nitrogens with zero attached hydrogens (tertiary/aromatic N) is 2. The normalized spacial score (nSPS) is 10.6. The molecule has 5 heteroatoms. The molecule has 0 fully saturated rings. The largest absolute Gasteiger partial charge is 0.378 e. The maximum atomic E-state index is 12.3. The molecule has 3 rings (SSSR count). The summed E-state index contributed by atoms with van der Waals surface area (Å²) in [5, 5.41) is 11.2. The van der Waals surface area contributed by atoms with Crippen molar-refractivity contribution >= 4 is 22.5 Å². The Kier molecular flexibility index (Phi) is 3.78. The minimum atomic E-state index is -0.0950. The first kappa shape index (κ1) is 14.1. The van der Waals surface area contributed by atoms with E-state index in [0.717, 1.165) is 22.3 Å². The number of fused-ring (bicyclic) bond motifs is 1. The Bertz CT molecular complexity index is 807. The van der Waals surface area contributed by atoms with Crippen molar-refractivity contribution in [2.75, 3.05) is 19.0 Å². The molecule has 3 aromatic rings. The molecule has 1 heterocycles. The SMILES string of the molecule is CN(C)c1cccc(C(=O)NCc2[nH]nc3ccccc23)c1. The van der Waals surface area contributed by atoms with Crippen LogP contribution in [0.2, 0.25) is 0 Å². The molecule has 22 heavy (non-hydrogen) atoms. The van der Waals surface area contributed by atoms with E-state index in [2.05, 4.69) is 15.5 Å². The van der Waals surface area contributed by atoms with Crippen molar-refractivity contribution in [3.05, 3.63) is 59.8 Å². The lowest BCUT2D eigenvalue weighted by Crippen LogP contribution is -2.23. The number of hydrogen-bond donors (Lipinski definition) is 2. The third kappa shape index (κ3) is 2.79. The molecule has 0 unspecified atom stereocenters. The molecule has 2 N–H and O–H groups in total. The van der Waals surface area contributed by atoms with Crippen molar-refractivity contribution < 1.29 is 4.79 Å². The number of amides is 1. The Hall–Kier alpha value is -2.82. The van der Waals surface area contributed by atoms with Crippen molar-refractivity contribution in [3.63, 3.8) is 0 Å². The smallest absolute Gasteiger partial charge is 0.251 e. The monoisotopic (exact) mass is 294 g/mol. The maximum absolute atomic E-state index is 12.3.